The molecule has 172 valence electrons. The molecule has 0 saturated carbocycles. The van der Waals surface area contributed by atoms with Crippen LogP contribution >= 0.6 is 15.9 Å². The fraction of sp³-hybridized carbons (Fsp3) is 0.240. The summed E-state index contributed by atoms with van der Waals surface area (Å²) in [5.74, 6) is 0.249. The summed E-state index contributed by atoms with van der Waals surface area (Å²) in [7, 11) is -2.52. The van der Waals surface area contributed by atoms with Crippen LogP contribution in [0.15, 0.2) is 76.1 Å². The number of aryl methyl sites for hydroxylation is 1. The van der Waals surface area contributed by atoms with E-state index < -0.39 is 10.0 Å². The van der Waals surface area contributed by atoms with Gasteiger partial charge in [0.25, 0.3) is 10.0 Å². The monoisotopic (exact) mass is 528 g/mol. The van der Waals surface area contributed by atoms with Crippen LogP contribution in [0.3, 0.4) is 0 Å². The van der Waals surface area contributed by atoms with Gasteiger partial charge in [0.2, 0.25) is 5.91 Å². The van der Waals surface area contributed by atoms with Gasteiger partial charge in [0.1, 0.15) is 12.3 Å². The van der Waals surface area contributed by atoms with E-state index in [0.717, 1.165) is 23.2 Å². The highest BCUT2D eigenvalue weighted by atomic mass is 79.9. The molecular weight excluding hydrogens is 504 g/mol. The number of halogens is 1. The molecule has 0 N–H and O–H groups in total. The SMILES string of the molecule is COc1ccc(S(=O)(=O)N(CC(=O)N2c3ccccc3C[C@H]2C)c2ccc(C)cc2)cc1Br. The van der Waals surface area contributed by atoms with E-state index in [2.05, 4.69) is 15.9 Å². The largest absolute Gasteiger partial charge is 0.496 e. The minimum absolute atomic E-state index is 0.0485. The number of rotatable bonds is 6. The van der Waals surface area contributed by atoms with E-state index in [9.17, 15) is 13.2 Å². The molecule has 8 heteroatoms. The molecule has 0 aromatic heterocycles. The van der Waals surface area contributed by atoms with Crippen molar-refractivity contribution in [1.82, 2.24) is 0 Å². The quantitative estimate of drug-likeness (QED) is 0.454. The van der Waals surface area contributed by atoms with Crippen LogP contribution in [0.25, 0.3) is 0 Å². The molecule has 4 rings (SSSR count). The van der Waals surface area contributed by atoms with Crippen molar-refractivity contribution in [3.63, 3.8) is 0 Å². The van der Waals surface area contributed by atoms with Crippen LogP contribution in [-0.4, -0.2) is 34.0 Å². The highest BCUT2D eigenvalue weighted by Crippen LogP contribution is 2.34. The van der Waals surface area contributed by atoms with Crippen molar-refractivity contribution in [3.05, 3.63) is 82.3 Å². The van der Waals surface area contributed by atoms with E-state index in [1.807, 2.05) is 50.2 Å². The smallest absolute Gasteiger partial charge is 0.264 e. The zero-order valence-electron chi connectivity index (χ0n) is 18.7. The lowest BCUT2D eigenvalue weighted by Gasteiger charge is -2.29. The Morgan fingerprint density at radius 1 is 1.12 bits per heavy atom. The Kier molecular flexibility index (Phi) is 6.50. The normalized spacial score (nSPS) is 15.3. The first-order chi connectivity index (χ1) is 15.7. The number of benzene rings is 3. The number of carbonyl (C=O) groups excluding carboxylic acids is 1. The van der Waals surface area contributed by atoms with Crippen molar-refractivity contribution in [2.45, 2.75) is 31.2 Å². The number of ether oxygens (including phenoxy) is 1. The van der Waals surface area contributed by atoms with Crippen molar-refractivity contribution < 1.29 is 17.9 Å². The summed E-state index contributed by atoms with van der Waals surface area (Å²) in [5.41, 5.74) is 3.35. The average Bonchev–Trinajstić information content (AvgIpc) is 3.13. The van der Waals surface area contributed by atoms with Gasteiger partial charge < -0.3 is 9.64 Å². The first kappa shape index (κ1) is 23.3. The van der Waals surface area contributed by atoms with Gasteiger partial charge in [-0.25, -0.2) is 8.42 Å². The molecule has 0 aliphatic carbocycles. The van der Waals surface area contributed by atoms with Crippen molar-refractivity contribution in [2.75, 3.05) is 22.9 Å². The van der Waals surface area contributed by atoms with E-state index in [1.54, 1.807) is 23.1 Å². The second-order valence-electron chi connectivity index (χ2n) is 8.09. The Morgan fingerprint density at radius 3 is 2.48 bits per heavy atom. The summed E-state index contributed by atoms with van der Waals surface area (Å²) in [4.78, 5) is 15.3. The average molecular weight is 529 g/mol. The molecule has 1 amide bonds. The second kappa shape index (κ2) is 9.19. The molecule has 6 nitrogen and oxygen atoms in total. The number of methoxy groups -OCH3 is 1. The minimum atomic E-state index is -4.03. The lowest BCUT2D eigenvalue weighted by Crippen LogP contribution is -2.45. The van der Waals surface area contributed by atoms with Gasteiger partial charge in [-0.3, -0.25) is 9.10 Å². The molecule has 0 unspecified atom stereocenters. The molecule has 1 aliphatic rings. The number of para-hydroxylation sites is 1. The molecule has 1 heterocycles. The molecule has 0 spiro atoms. The number of nitrogens with zero attached hydrogens (tertiary/aromatic N) is 2. The van der Waals surface area contributed by atoms with Crippen LogP contribution in [-0.2, 0) is 21.2 Å². The fourth-order valence-corrected chi connectivity index (χ4v) is 6.24. The lowest BCUT2D eigenvalue weighted by molar-refractivity contribution is -0.117. The third-order valence-electron chi connectivity index (χ3n) is 5.79. The summed E-state index contributed by atoms with van der Waals surface area (Å²) in [6, 6.07) is 19.4. The van der Waals surface area contributed by atoms with Crippen molar-refractivity contribution in [3.8, 4) is 5.75 Å². The highest BCUT2D eigenvalue weighted by molar-refractivity contribution is 9.10. The van der Waals surface area contributed by atoms with Crippen LogP contribution in [0.2, 0.25) is 0 Å². The molecular formula is C25H25BrN2O4S. The van der Waals surface area contributed by atoms with Gasteiger partial charge >= 0.3 is 0 Å². The fourth-order valence-electron chi connectivity index (χ4n) is 4.11. The van der Waals surface area contributed by atoms with E-state index >= 15 is 0 Å². The summed E-state index contributed by atoms with van der Waals surface area (Å²) in [5, 5.41) is 0. The molecule has 0 saturated heterocycles. The maximum atomic E-state index is 13.7. The topological polar surface area (TPSA) is 66.9 Å². The van der Waals surface area contributed by atoms with Crippen molar-refractivity contribution in [1.29, 1.82) is 0 Å². The van der Waals surface area contributed by atoms with Gasteiger partial charge in [-0.2, -0.15) is 0 Å². The molecule has 1 aliphatic heterocycles. The molecule has 33 heavy (non-hydrogen) atoms. The zero-order chi connectivity index (χ0) is 23.8. The first-order valence-corrected chi connectivity index (χ1v) is 12.8. The zero-order valence-corrected chi connectivity index (χ0v) is 21.1. The number of amides is 1. The third-order valence-corrected chi connectivity index (χ3v) is 8.18. The predicted octanol–water partition coefficient (Wildman–Crippen LogP) is 4.94. The summed E-state index contributed by atoms with van der Waals surface area (Å²) in [6.45, 7) is 3.59. The maximum Gasteiger partial charge on any atom is 0.264 e. The Balaban J connectivity index is 1.74. The molecule has 0 radical (unpaired) electrons. The third kappa shape index (κ3) is 4.50. The second-order valence-corrected chi connectivity index (χ2v) is 10.8. The Hall–Kier alpha value is -2.84. The number of carbonyl (C=O) groups is 1. The van der Waals surface area contributed by atoms with E-state index in [4.69, 9.17) is 4.74 Å². The van der Waals surface area contributed by atoms with Crippen LogP contribution in [0.1, 0.15) is 18.1 Å². The Bertz CT molecular complexity index is 1290. The van der Waals surface area contributed by atoms with Crippen molar-refractivity contribution in [2.24, 2.45) is 0 Å². The lowest BCUT2D eigenvalue weighted by atomic mass is 10.1. The highest BCUT2D eigenvalue weighted by Gasteiger charge is 2.34. The van der Waals surface area contributed by atoms with Gasteiger partial charge in [-0.1, -0.05) is 35.9 Å². The predicted molar refractivity (Wildman–Crippen MR) is 133 cm³/mol. The number of sulfonamides is 1. The van der Waals surface area contributed by atoms with Gasteiger partial charge in [-0.15, -0.1) is 0 Å². The molecule has 1 atom stereocenters. The number of hydrogen-bond donors (Lipinski definition) is 0. The Labute approximate surface area is 203 Å². The van der Waals surface area contributed by atoms with Gasteiger partial charge in [0.15, 0.2) is 0 Å². The molecule has 3 aromatic rings. The van der Waals surface area contributed by atoms with Gasteiger partial charge in [0.05, 0.1) is 22.2 Å². The number of fused-ring (bicyclic) bond motifs is 1. The van der Waals surface area contributed by atoms with Crippen LogP contribution in [0, 0.1) is 6.92 Å². The first-order valence-electron chi connectivity index (χ1n) is 10.6. The van der Waals surface area contributed by atoms with E-state index in [0.29, 0.717) is 15.9 Å². The Morgan fingerprint density at radius 2 is 1.82 bits per heavy atom. The van der Waals surface area contributed by atoms with Crippen LogP contribution in [0.4, 0.5) is 11.4 Å². The van der Waals surface area contributed by atoms with E-state index in [1.165, 1.54) is 23.5 Å². The minimum Gasteiger partial charge on any atom is -0.496 e. The number of hydrogen-bond acceptors (Lipinski definition) is 4. The molecule has 3 aromatic carbocycles. The van der Waals surface area contributed by atoms with E-state index in [-0.39, 0.29) is 23.4 Å². The molecule has 0 bridgehead atoms. The molecule has 0 fully saturated rings. The van der Waals surface area contributed by atoms with Crippen LogP contribution < -0.4 is 13.9 Å². The van der Waals surface area contributed by atoms with Crippen LogP contribution in [0.5, 0.6) is 5.75 Å². The summed E-state index contributed by atoms with van der Waals surface area (Å²) in [6.07, 6.45) is 0.741. The standard InChI is InChI=1S/C25H25BrN2O4S/c1-17-8-10-20(11-9-17)27(33(30,31)21-12-13-24(32-3)22(26)15-21)16-25(29)28-18(2)14-19-6-4-5-7-23(19)28/h4-13,15,18H,14,16H2,1-3H3/t18-/m1/s1. The number of anilines is 2. The maximum absolute atomic E-state index is 13.7. The van der Waals surface area contributed by atoms with Gasteiger partial charge in [-0.05, 0) is 78.2 Å². The summed E-state index contributed by atoms with van der Waals surface area (Å²) < 4.78 is 34.4. The van der Waals surface area contributed by atoms with Gasteiger partial charge in [0, 0.05) is 11.7 Å². The van der Waals surface area contributed by atoms with Crippen molar-refractivity contribution >= 4 is 43.2 Å². The summed E-state index contributed by atoms with van der Waals surface area (Å²) >= 11 is 3.36.